The molecule has 3 N–H and O–H groups in total. The largest absolute Gasteiger partial charge is 0.481 e. The van der Waals surface area contributed by atoms with Gasteiger partial charge in [0.15, 0.2) is 6.29 Å². The third-order valence-electron chi connectivity index (χ3n) is 1.14. The summed E-state index contributed by atoms with van der Waals surface area (Å²) in [5, 5.41) is 24.6. The Hall–Kier alpha value is -0.730. The SMILES string of the molecule is CC(=O)O.COC(O)COCCOCCO. The molecule has 0 bridgehead atoms. The molecular weight excluding hydrogens is 220 g/mol. The number of aliphatic carboxylic acids is 1. The van der Waals surface area contributed by atoms with Gasteiger partial charge in [-0.15, -0.1) is 0 Å². The van der Waals surface area contributed by atoms with Crippen molar-refractivity contribution in [3.8, 4) is 0 Å². The number of aliphatic hydroxyl groups is 2. The molecule has 0 saturated carbocycles. The molecule has 0 aliphatic rings. The van der Waals surface area contributed by atoms with Crippen molar-refractivity contribution >= 4 is 5.97 Å². The molecule has 16 heavy (non-hydrogen) atoms. The molecule has 0 aliphatic heterocycles. The fourth-order valence-electron chi connectivity index (χ4n) is 0.537. The van der Waals surface area contributed by atoms with Crippen molar-refractivity contribution in [3.63, 3.8) is 0 Å². The van der Waals surface area contributed by atoms with Gasteiger partial charge in [-0.05, 0) is 0 Å². The normalized spacial score (nSPS) is 11.5. The average Bonchev–Trinajstić information content (AvgIpc) is 2.22. The van der Waals surface area contributed by atoms with Crippen LogP contribution in [0.25, 0.3) is 0 Å². The number of carboxylic acids is 1. The lowest BCUT2D eigenvalue weighted by atomic mass is 10.6. The van der Waals surface area contributed by atoms with Gasteiger partial charge >= 0.3 is 0 Å². The number of carbonyl (C=O) groups is 1. The van der Waals surface area contributed by atoms with E-state index < -0.39 is 12.3 Å². The zero-order valence-electron chi connectivity index (χ0n) is 9.59. The van der Waals surface area contributed by atoms with Gasteiger partial charge in [0.2, 0.25) is 0 Å². The zero-order valence-corrected chi connectivity index (χ0v) is 9.59. The third-order valence-corrected chi connectivity index (χ3v) is 1.14. The van der Waals surface area contributed by atoms with Crippen LogP contribution in [0.2, 0.25) is 0 Å². The van der Waals surface area contributed by atoms with Crippen LogP contribution in [-0.4, -0.2) is 67.7 Å². The molecule has 7 heteroatoms. The molecule has 0 amide bonds. The van der Waals surface area contributed by atoms with Crippen LogP contribution in [0.15, 0.2) is 0 Å². The first-order valence-corrected chi connectivity index (χ1v) is 4.71. The van der Waals surface area contributed by atoms with E-state index in [1.165, 1.54) is 7.11 Å². The first-order valence-electron chi connectivity index (χ1n) is 4.71. The van der Waals surface area contributed by atoms with E-state index in [1.807, 2.05) is 0 Å². The summed E-state index contributed by atoms with van der Waals surface area (Å²) in [6.07, 6.45) is -0.872. The molecular formula is C9H20O7. The third kappa shape index (κ3) is 23.2. The Bertz CT molecular complexity index is 147. The molecule has 0 spiro atoms. The van der Waals surface area contributed by atoms with Crippen LogP contribution >= 0.6 is 0 Å². The van der Waals surface area contributed by atoms with E-state index in [4.69, 9.17) is 29.6 Å². The van der Waals surface area contributed by atoms with Crippen LogP contribution in [0.4, 0.5) is 0 Å². The molecule has 0 aromatic carbocycles. The Morgan fingerprint density at radius 2 is 1.75 bits per heavy atom. The summed E-state index contributed by atoms with van der Waals surface area (Å²) in [5.74, 6) is -0.833. The van der Waals surface area contributed by atoms with Crippen molar-refractivity contribution in [2.75, 3.05) is 40.1 Å². The summed E-state index contributed by atoms with van der Waals surface area (Å²) in [7, 11) is 1.40. The Balaban J connectivity index is 0. The average molecular weight is 240 g/mol. The van der Waals surface area contributed by atoms with Gasteiger partial charge in [0, 0.05) is 14.0 Å². The maximum Gasteiger partial charge on any atom is 0.300 e. The van der Waals surface area contributed by atoms with Crippen molar-refractivity contribution in [1.82, 2.24) is 0 Å². The van der Waals surface area contributed by atoms with Crippen molar-refractivity contribution in [2.45, 2.75) is 13.2 Å². The maximum atomic E-state index is 9.00. The van der Waals surface area contributed by atoms with Gasteiger partial charge in [0.1, 0.15) is 0 Å². The Labute approximate surface area is 94.5 Å². The van der Waals surface area contributed by atoms with E-state index in [2.05, 4.69) is 4.74 Å². The zero-order chi connectivity index (χ0) is 12.8. The van der Waals surface area contributed by atoms with Crippen LogP contribution in [-0.2, 0) is 19.0 Å². The molecule has 0 aliphatic carbocycles. The lowest BCUT2D eigenvalue weighted by Gasteiger charge is -2.08. The Morgan fingerprint density at radius 1 is 1.25 bits per heavy atom. The van der Waals surface area contributed by atoms with E-state index >= 15 is 0 Å². The fourth-order valence-corrected chi connectivity index (χ4v) is 0.537. The highest BCUT2D eigenvalue weighted by atomic mass is 16.6. The molecule has 0 aromatic rings. The predicted molar refractivity (Wildman–Crippen MR) is 55.0 cm³/mol. The van der Waals surface area contributed by atoms with Gasteiger partial charge in [-0.1, -0.05) is 0 Å². The quantitative estimate of drug-likeness (QED) is 0.371. The molecule has 1 atom stereocenters. The van der Waals surface area contributed by atoms with Gasteiger partial charge in [-0.3, -0.25) is 4.79 Å². The Morgan fingerprint density at radius 3 is 2.19 bits per heavy atom. The number of hydrogen-bond donors (Lipinski definition) is 3. The number of methoxy groups -OCH3 is 1. The highest BCUT2D eigenvalue weighted by Crippen LogP contribution is 1.85. The molecule has 0 fully saturated rings. The van der Waals surface area contributed by atoms with Crippen LogP contribution in [0.5, 0.6) is 0 Å². The first kappa shape index (κ1) is 17.7. The van der Waals surface area contributed by atoms with E-state index in [0.717, 1.165) is 6.92 Å². The number of hydrogen-bond acceptors (Lipinski definition) is 6. The second-order valence-electron chi connectivity index (χ2n) is 2.62. The van der Waals surface area contributed by atoms with E-state index in [-0.39, 0.29) is 13.2 Å². The summed E-state index contributed by atoms with van der Waals surface area (Å²) in [5.41, 5.74) is 0. The highest BCUT2D eigenvalue weighted by Gasteiger charge is 1.99. The summed E-state index contributed by atoms with van der Waals surface area (Å²) in [6, 6.07) is 0. The minimum atomic E-state index is -0.872. The van der Waals surface area contributed by atoms with Gasteiger partial charge in [-0.2, -0.15) is 0 Å². The number of rotatable bonds is 8. The molecule has 0 aromatic heterocycles. The fraction of sp³-hybridized carbons (Fsp3) is 0.889. The van der Waals surface area contributed by atoms with Crippen molar-refractivity contribution in [2.24, 2.45) is 0 Å². The highest BCUT2D eigenvalue weighted by molar-refractivity contribution is 5.62. The standard InChI is InChI=1S/C7H16O5.C2H4O2/c1-10-7(9)6-12-5-4-11-3-2-8;1-2(3)4/h7-9H,2-6H2,1H3;1H3,(H,3,4). The molecule has 0 radical (unpaired) electrons. The Kier molecular flexibility index (Phi) is 15.7. The summed E-state index contributed by atoms with van der Waals surface area (Å²) in [4.78, 5) is 9.00. The van der Waals surface area contributed by atoms with Crippen LogP contribution < -0.4 is 0 Å². The minimum Gasteiger partial charge on any atom is -0.481 e. The lowest BCUT2D eigenvalue weighted by Crippen LogP contribution is -2.19. The summed E-state index contributed by atoms with van der Waals surface area (Å²) < 4.78 is 14.4. The van der Waals surface area contributed by atoms with Crippen molar-refractivity contribution < 1.29 is 34.3 Å². The molecule has 0 saturated heterocycles. The van der Waals surface area contributed by atoms with Crippen molar-refractivity contribution in [3.05, 3.63) is 0 Å². The molecule has 0 heterocycles. The topological polar surface area (TPSA) is 105 Å². The van der Waals surface area contributed by atoms with Crippen molar-refractivity contribution in [1.29, 1.82) is 0 Å². The summed E-state index contributed by atoms with van der Waals surface area (Å²) in [6.45, 7) is 2.35. The lowest BCUT2D eigenvalue weighted by molar-refractivity contribution is -0.134. The van der Waals surface area contributed by atoms with E-state index in [1.54, 1.807) is 0 Å². The molecule has 0 rings (SSSR count). The predicted octanol–water partition coefficient (Wildman–Crippen LogP) is -0.932. The van der Waals surface area contributed by atoms with Crippen LogP contribution in [0, 0.1) is 0 Å². The second-order valence-corrected chi connectivity index (χ2v) is 2.62. The van der Waals surface area contributed by atoms with Gasteiger partial charge in [0.05, 0.1) is 33.0 Å². The van der Waals surface area contributed by atoms with Gasteiger partial charge < -0.3 is 29.5 Å². The molecule has 98 valence electrons. The smallest absolute Gasteiger partial charge is 0.300 e. The first-order chi connectivity index (χ1) is 7.54. The van der Waals surface area contributed by atoms with Crippen LogP contribution in [0.1, 0.15) is 6.92 Å². The van der Waals surface area contributed by atoms with Gasteiger partial charge in [0.25, 0.3) is 5.97 Å². The number of aliphatic hydroxyl groups excluding tert-OH is 2. The number of carboxylic acid groups (broad SMARTS) is 1. The monoisotopic (exact) mass is 240 g/mol. The second kappa shape index (κ2) is 14.3. The maximum absolute atomic E-state index is 9.00. The minimum absolute atomic E-state index is 0.0146. The molecule has 1 unspecified atom stereocenters. The number of ether oxygens (including phenoxy) is 3. The summed E-state index contributed by atoms with van der Waals surface area (Å²) >= 11 is 0. The van der Waals surface area contributed by atoms with E-state index in [0.29, 0.717) is 19.8 Å². The van der Waals surface area contributed by atoms with Crippen LogP contribution in [0.3, 0.4) is 0 Å². The van der Waals surface area contributed by atoms with Gasteiger partial charge in [-0.25, -0.2) is 0 Å². The van der Waals surface area contributed by atoms with E-state index in [9.17, 15) is 0 Å². The molecule has 7 nitrogen and oxygen atoms in total.